The van der Waals surface area contributed by atoms with Crippen molar-refractivity contribution in [1.82, 2.24) is 5.32 Å². The third kappa shape index (κ3) is 1.92. The van der Waals surface area contributed by atoms with Gasteiger partial charge in [0.1, 0.15) is 0 Å². The molecular weight excluding hydrogens is 202 g/mol. The molecule has 2 bridgehead atoms. The Balaban J connectivity index is 1.93. The molecule has 4 nitrogen and oxygen atoms in total. The molecule has 5 atom stereocenters. The van der Waals surface area contributed by atoms with Crippen LogP contribution in [-0.2, 0) is 4.79 Å². The van der Waals surface area contributed by atoms with E-state index in [1.807, 2.05) is 6.92 Å². The lowest BCUT2D eigenvalue weighted by Crippen LogP contribution is -2.47. The number of rotatable bonds is 3. The van der Waals surface area contributed by atoms with E-state index < -0.39 is 0 Å². The highest BCUT2D eigenvalue weighted by molar-refractivity contribution is 5.80. The zero-order chi connectivity index (χ0) is 11.7. The summed E-state index contributed by atoms with van der Waals surface area (Å²) in [4.78, 5) is 12.0. The molecule has 88 valence electrons. The van der Waals surface area contributed by atoms with Crippen molar-refractivity contribution < 1.29 is 4.79 Å². The number of carbonyl (C=O) groups is 1. The first-order valence-corrected chi connectivity index (χ1v) is 6.06. The minimum Gasteiger partial charge on any atom is -0.352 e. The average molecular weight is 221 g/mol. The third-order valence-electron chi connectivity index (χ3n) is 4.07. The molecular formula is C12H19N3O. The molecule has 0 aromatic heterocycles. The van der Waals surface area contributed by atoms with Crippen LogP contribution in [-0.4, -0.2) is 18.0 Å². The maximum atomic E-state index is 12.0. The third-order valence-corrected chi connectivity index (χ3v) is 4.07. The molecule has 0 saturated heterocycles. The number of amides is 1. The fourth-order valence-electron chi connectivity index (χ4n) is 3.25. The van der Waals surface area contributed by atoms with Crippen molar-refractivity contribution in [2.24, 2.45) is 23.5 Å². The second-order valence-electron chi connectivity index (χ2n) is 5.21. The number of fused-ring (bicyclic) bond motifs is 2. The second-order valence-corrected chi connectivity index (χ2v) is 5.21. The number of hydrogen-bond donors (Lipinski definition) is 2. The predicted octanol–water partition coefficient (Wildman–Crippen LogP) is 0.778. The van der Waals surface area contributed by atoms with Crippen LogP contribution in [0.4, 0.5) is 0 Å². The first-order chi connectivity index (χ1) is 7.63. The molecule has 2 rings (SSSR count). The molecule has 0 aliphatic heterocycles. The molecule has 0 radical (unpaired) electrons. The van der Waals surface area contributed by atoms with E-state index >= 15 is 0 Å². The molecule has 4 heteroatoms. The van der Waals surface area contributed by atoms with Gasteiger partial charge >= 0.3 is 0 Å². The molecule has 2 aliphatic rings. The molecule has 5 unspecified atom stereocenters. The Morgan fingerprint density at radius 3 is 2.81 bits per heavy atom. The zero-order valence-electron chi connectivity index (χ0n) is 9.65. The molecule has 0 aromatic carbocycles. The Kier molecular flexibility index (Phi) is 3.15. The van der Waals surface area contributed by atoms with Gasteiger partial charge in [0.2, 0.25) is 5.91 Å². The molecule has 1 amide bonds. The van der Waals surface area contributed by atoms with E-state index in [1.165, 1.54) is 6.42 Å². The van der Waals surface area contributed by atoms with Crippen LogP contribution in [0.2, 0.25) is 0 Å². The van der Waals surface area contributed by atoms with Crippen LogP contribution in [0.25, 0.3) is 0 Å². The molecule has 0 spiro atoms. The van der Waals surface area contributed by atoms with Gasteiger partial charge in [0, 0.05) is 12.1 Å². The summed E-state index contributed by atoms with van der Waals surface area (Å²) in [5.74, 6) is 1.07. The van der Waals surface area contributed by atoms with Crippen molar-refractivity contribution in [2.45, 2.75) is 44.7 Å². The highest BCUT2D eigenvalue weighted by atomic mass is 16.2. The first kappa shape index (κ1) is 11.4. The zero-order valence-corrected chi connectivity index (χ0v) is 9.65. The molecule has 2 fully saturated rings. The maximum absolute atomic E-state index is 12.0. The summed E-state index contributed by atoms with van der Waals surface area (Å²) in [6.07, 6.45) is 3.81. The van der Waals surface area contributed by atoms with Crippen molar-refractivity contribution in [2.75, 3.05) is 0 Å². The van der Waals surface area contributed by atoms with Gasteiger partial charge in [-0.1, -0.05) is 0 Å². The molecule has 3 N–H and O–H groups in total. The maximum Gasteiger partial charge on any atom is 0.225 e. The Morgan fingerprint density at radius 2 is 2.25 bits per heavy atom. The van der Waals surface area contributed by atoms with Crippen molar-refractivity contribution in [3.63, 3.8) is 0 Å². The lowest BCUT2D eigenvalue weighted by molar-refractivity contribution is -0.127. The number of nitrogens with one attached hydrogen (secondary N) is 1. The standard InChI is InChI=1S/C12H19N3O/c1-7(4-5-13)15-12(16)10-8-2-3-9(6-8)11(10)14/h7-11H,2-4,6,14H2,1H3,(H,15,16). The number of hydrogen-bond acceptors (Lipinski definition) is 3. The van der Waals surface area contributed by atoms with E-state index in [1.54, 1.807) is 0 Å². The topological polar surface area (TPSA) is 78.9 Å². The van der Waals surface area contributed by atoms with Gasteiger partial charge in [-0.2, -0.15) is 5.26 Å². The number of nitriles is 1. The van der Waals surface area contributed by atoms with Crippen LogP contribution < -0.4 is 11.1 Å². The summed E-state index contributed by atoms with van der Waals surface area (Å²) in [5.41, 5.74) is 6.09. The fourth-order valence-corrected chi connectivity index (χ4v) is 3.25. The van der Waals surface area contributed by atoms with Gasteiger partial charge in [0.05, 0.1) is 18.4 Å². The molecule has 2 saturated carbocycles. The normalized spacial score (nSPS) is 38.1. The Bertz CT molecular complexity index is 321. The van der Waals surface area contributed by atoms with Gasteiger partial charge in [-0.3, -0.25) is 4.79 Å². The van der Waals surface area contributed by atoms with Gasteiger partial charge in [0.15, 0.2) is 0 Å². The second kappa shape index (κ2) is 4.42. The Morgan fingerprint density at radius 1 is 1.56 bits per heavy atom. The Hall–Kier alpha value is -1.08. The molecule has 16 heavy (non-hydrogen) atoms. The number of carbonyl (C=O) groups excluding carboxylic acids is 1. The molecule has 2 aliphatic carbocycles. The van der Waals surface area contributed by atoms with Gasteiger partial charge in [-0.15, -0.1) is 0 Å². The lowest BCUT2D eigenvalue weighted by Gasteiger charge is -2.28. The quantitative estimate of drug-likeness (QED) is 0.739. The SMILES string of the molecule is CC(CC#N)NC(=O)C1C2CCC(C2)C1N. The highest BCUT2D eigenvalue weighted by Gasteiger charge is 2.49. The van der Waals surface area contributed by atoms with Crippen LogP contribution in [0.15, 0.2) is 0 Å². The summed E-state index contributed by atoms with van der Waals surface area (Å²) in [5, 5.41) is 11.4. The lowest BCUT2D eigenvalue weighted by atomic mass is 9.84. The van der Waals surface area contributed by atoms with Gasteiger partial charge in [0.25, 0.3) is 0 Å². The van der Waals surface area contributed by atoms with Crippen LogP contribution in [0.5, 0.6) is 0 Å². The van der Waals surface area contributed by atoms with Gasteiger partial charge in [-0.25, -0.2) is 0 Å². The summed E-state index contributed by atoms with van der Waals surface area (Å²) in [6.45, 7) is 1.86. The van der Waals surface area contributed by atoms with Crippen LogP contribution in [0.3, 0.4) is 0 Å². The molecule has 0 aromatic rings. The van der Waals surface area contributed by atoms with Crippen LogP contribution in [0, 0.1) is 29.1 Å². The number of nitrogens with two attached hydrogens (primary N) is 1. The minimum absolute atomic E-state index is 0.0140. The van der Waals surface area contributed by atoms with Gasteiger partial charge < -0.3 is 11.1 Å². The van der Waals surface area contributed by atoms with E-state index in [2.05, 4.69) is 11.4 Å². The summed E-state index contributed by atoms with van der Waals surface area (Å²) in [6, 6.07) is 2.03. The number of nitrogens with zero attached hydrogens (tertiary/aromatic N) is 1. The van der Waals surface area contributed by atoms with E-state index in [0.29, 0.717) is 18.3 Å². The average Bonchev–Trinajstić information content (AvgIpc) is 2.77. The van der Waals surface area contributed by atoms with Crippen molar-refractivity contribution in [1.29, 1.82) is 5.26 Å². The highest BCUT2D eigenvalue weighted by Crippen LogP contribution is 2.47. The van der Waals surface area contributed by atoms with Crippen molar-refractivity contribution in [3.05, 3.63) is 0 Å². The Labute approximate surface area is 96.2 Å². The largest absolute Gasteiger partial charge is 0.352 e. The van der Waals surface area contributed by atoms with E-state index in [4.69, 9.17) is 11.0 Å². The smallest absolute Gasteiger partial charge is 0.225 e. The minimum atomic E-state index is -0.0659. The summed E-state index contributed by atoms with van der Waals surface area (Å²) < 4.78 is 0. The first-order valence-electron chi connectivity index (χ1n) is 6.06. The van der Waals surface area contributed by atoms with E-state index in [0.717, 1.165) is 12.8 Å². The predicted molar refractivity (Wildman–Crippen MR) is 60.1 cm³/mol. The summed E-state index contributed by atoms with van der Waals surface area (Å²) >= 11 is 0. The van der Waals surface area contributed by atoms with E-state index in [9.17, 15) is 4.79 Å². The van der Waals surface area contributed by atoms with Gasteiger partial charge in [-0.05, 0) is 38.0 Å². The fraction of sp³-hybridized carbons (Fsp3) is 0.833. The van der Waals surface area contributed by atoms with Crippen molar-refractivity contribution >= 4 is 5.91 Å². The monoisotopic (exact) mass is 221 g/mol. The van der Waals surface area contributed by atoms with Crippen molar-refractivity contribution in [3.8, 4) is 6.07 Å². The van der Waals surface area contributed by atoms with Crippen LogP contribution in [0.1, 0.15) is 32.6 Å². The van der Waals surface area contributed by atoms with E-state index in [-0.39, 0.29) is 23.9 Å². The van der Waals surface area contributed by atoms with Crippen LogP contribution >= 0.6 is 0 Å². The molecule has 0 heterocycles. The summed E-state index contributed by atoms with van der Waals surface area (Å²) in [7, 11) is 0.